The maximum Gasteiger partial charge on any atom is 0.242 e. The predicted octanol–water partition coefficient (Wildman–Crippen LogP) is -0.134. The quantitative estimate of drug-likeness (QED) is 0.705. The van der Waals surface area contributed by atoms with Crippen LogP contribution in [0.4, 0.5) is 0 Å². The number of likely N-dealkylation sites (N-methyl/N-ethyl adjacent to an activating group) is 1. The van der Waals surface area contributed by atoms with E-state index in [0.29, 0.717) is 0 Å². The average Bonchev–Trinajstić information content (AvgIpc) is 2.91. The molecule has 2 saturated heterocycles. The molecule has 0 aromatic rings. The molecule has 2 amide bonds. The number of piperidine rings is 1. The van der Waals surface area contributed by atoms with E-state index in [-0.39, 0.29) is 23.9 Å². The number of likely N-dealkylation sites (tertiary alicyclic amines) is 1. The minimum absolute atomic E-state index is 0.0314. The van der Waals surface area contributed by atoms with Crippen LogP contribution < -0.4 is 10.6 Å². The maximum atomic E-state index is 12.3. The van der Waals surface area contributed by atoms with Crippen molar-refractivity contribution in [3.63, 3.8) is 0 Å². The van der Waals surface area contributed by atoms with Gasteiger partial charge in [0, 0.05) is 13.6 Å². The van der Waals surface area contributed by atoms with Crippen molar-refractivity contribution in [3.8, 4) is 0 Å². The Morgan fingerprint density at radius 1 is 1.24 bits per heavy atom. The summed E-state index contributed by atoms with van der Waals surface area (Å²) in [6, 6.07) is -0.330. The molecule has 2 heterocycles. The number of amides is 2. The van der Waals surface area contributed by atoms with Crippen LogP contribution >= 0.6 is 0 Å². The van der Waals surface area contributed by atoms with Crippen molar-refractivity contribution in [2.45, 2.75) is 44.2 Å². The van der Waals surface area contributed by atoms with Gasteiger partial charge in [-0.25, -0.2) is 0 Å². The second-order valence-corrected chi connectivity index (χ2v) is 4.81. The largest absolute Gasteiger partial charge is 0.357 e. The highest BCUT2D eigenvalue weighted by Crippen LogP contribution is 2.20. The molecule has 5 nitrogen and oxygen atoms in total. The van der Waals surface area contributed by atoms with Crippen LogP contribution in [-0.2, 0) is 9.59 Å². The first-order valence-electron chi connectivity index (χ1n) is 6.49. The SMILES string of the molecule is CNC(=O)C1CCCCN1C(=O)[C@@H]1CCCN1. The zero-order valence-corrected chi connectivity index (χ0v) is 10.4. The molecule has 0 aliphatic carbocycles. The highest BCUT2D eigenvalue weighted by Gasteiger charge is 2.35. The smallest absolute Gasteiger partial charge is 0.242 e. The normalized spacial score (nSPS) is 29.1. The van der Waals surface area contributed by atoms with Crippen LogP contribution in [0.1, 0.15) is 32.1 Å². The first kappa shape index (κ1) is 12.4. The second-order valence-electron chi connectivity index (χ2n) is 4.81. The third kappa shape index (κ3) is 2.60. The van der Waals surface area contributed by atoms with E-state index in [1.54, 1.807) is 11.9 Å². The van der Waals surface area contributed by atoms with E-state index in [9.17, 15) is 9.59 Å². The third-order valence-corrected chi connectivity index (χ3v) is 3.69. The van der Waals surface area contributed by atoms with Gasteiger partial charge in [0.25, 0.3) is 0 Å². The molecule has 1 unspecified atom stereocenters. The number of rotatable bonds is 2. The van der Waals surface area contributed by atoms with E-state index in [1.165, 1.54) is 0 Å². The standard InChI is InChI=1S/C12H21N3O2/c1-13-11(16)10-6-2-3-8-15(10)12(17)9-5-4-7-14-9/h9-10,14H,2-8H2,1H3,(H,13,16)/t9-,10?/m0/s1. The highest BCUT2D eigenvalue weighted by molar-refractivity contribution is 5.90. The summed E-state index contributed by atoms with van der Waals surface area (Å²) < 4.78 is 0. The van der Waals surface area contributed by atoms with E-state index in [4.69, 9.17) is 0 Å². The zero-order chi connectivity index (χ0) is 12.3. The van der Waals surface area contributed by atoms with Crippen LogP contribution in [0.15, 0.2) is 0 Å². The molecular formula is C12H21N3O2. The Morgan fingerprint density at radius 2 is 2.06 bits per heavy atom. The summed E-state index contributed by atoms with van der Waals surface area (Å²) >= 11 is 0. The molecule has 0 radical (unpaired) electrons. The minimum Gasteiger partial charge on any atom is -0.357 e. The average molecular weight is 239 g/mol. The monoisotopic (exact) mass is 239 g/mol. The molecule has 2 fully saturated rings. The van der Waals surface area contributed by atoms with Gasteiger partial charge in [-0.3, -0.25) is 9.59 Å². The molecule has 2 N–H and O–H groups in total. The van der Waals surface area contributed by atoms with Gasteiger partial charge in [0.2, 0.25) is 11.8 Å². The highest BCUT2D eigenvalue weighted by atomic mass is 16.2. The van der Waals surface area contributed by atoms with Crippen LogP contribution in [0.25, 0.3) is 0 Å². The molecule has 5 heteroatoms. The van der Waals surface area contributed by atoms with Crippen LogP contribution in [0.5, 0.6) is 0 Å². The lowest BCUT2D eigenvalue weighted by Gasteiger charge is -2.36. The molecular weight excluding hydrogens is 218 g/mol. The third-order valence-electron chi connectivity index (χ3n) is 3.69. The first-order chi connectivity index (χ1) is 8.24. The number of carbonyl (C=O) groups excluding carboxylic acids is 2. The molecule has 2 rings (SSSR count). The molecule has 2 atom stereocenters. The van der Waals surface area contributed by atoms with Gasteiger partial charge < -0.3 is 15.5 Å². The van der Waals surface area contributed by atoms with Gasteiger partial charge >= 0.3 is 0 Å². The van der Waals surface area contributed by atoms with Crippen molar-refractivity contribution in [1.82, 2.24) is 15.5 Å². The van der Waals surface area contributed by atoms with E-state index in [2.05, 4.69) is 10.6 Å². The molecule has 0 aromatic heterocycles. The van der Waals surface area contributed by atoms with E-state index < -0.39 is 0 Å². The summed E-state index contributed by atoms with van der Waals surface area (Å²) in [6.07, 6.45) is 4.77. The van der Waals surface area contributed by atoms with Crippen molar-refractivity contribution < 1.29 is 9.59 Å². The lowest BCUT2D eigenvalue weighted by atomic mass is 10.00. The number of hydrogen-bond donors (Lipinski definition) is 2. The van der Waals surface area contributed by atoms with Crippen molar-refractivity contribution in [1.29, 1.82) is 0 Å². The van der Waals surface area contributed by atoms with Gasteiger partial charge in [0.1, 0.15) is 6.04 Å². The molecule has 17 heavy (non-hydrogen) atoms. The van der Waals surface area contributed by atoms with Crippen LogP contribution in [-0.4, -0.2) is 48.9 Å². The number of hydrogen-bond acceptors (Lipinski definition) is 3. The second kappa shape index (κ2) is 5.49. The summed E-state index contributed by atoms with van der Waals surface area (Å²) in [5.41, 5.74) is 0. The summed E-state index contributed by atoms with van der Waals surface area (Å²) in [5, 5.41) is 5.87. The van der Waals surface area contributed by atoms with Gasteiger partial charge in [-0.15, -0.1) is 0 Å². The molecule has 2 aliphatic heterocycles. The van der Waals surface area contributed by atoms with E-state index in [0.717, 1.165) is 45.2 Å². The minimum atomic E-state index is -0.261. The fourth-order valence-corrected chi connectivity index (χ4v) is 2.73. The number of nitrogens with zero attached hydrogens (tertiary/aromatic N) is 1. The number of carbonyl (C=O) groups is 2. The van der Waals surface area contributed by atoms with Crippen molar-refractivity contribution in [2.75, 3.05) is 20.1 Å². The Kier molecular flexibility index (Phi) is 3.99. The van der Waals surface area contributed by atoms with Gasteiger partial charge in [-0.1, -0.05) is 0 Å². The van der Waals surface area contributed by atoms with Crippen LogP contribution in [0.3, 0.4) is 0 Å². The van der Waals surface area contributed by atoms with Crippen LogP contribution in [0, 0.1) is 0 Å². The Morgan fingerprint density at radius 3 is 2.71 bits per heavy atom. The molecule has 2 aliphatic rings. The lowest BCUT2D eigenvalue weighted by molar-refractivity contribution is -0.143. The molecule has 0 saturated carbocycles. The van der Waals surface area contributed by atoms with E-state index in [1.807, 2.05) is 0 Å². The molecule has 0 spiro atoms. The number of nitrogens with one attached hydrogen (secondary N) is 2. The molecule has 0 aromatic carbocycles. The summed E-state index contributed by atoms with van der Waals surface area (Å²) in [6.45, 7) is 1.63. The van der Waals surface area contributed by atoms with Gasteiger partial charge in [-0.2, -0.15) is 0 Å². The Balaban J connectivity index is 2.04. The maximum absolute atomic E-state index is 12.3. The Labute approximate surface area is 102 Å². The lowest BCUT2D eigenvalue weighted by Crippen LogP contribution is -2.55. The van der Waals surface area contributed by atoms with Gasteiger partial charge in [0.05, 0.1) is 6.04 Å². The molecule has 0 bridgehead atoms. The topological polar surface area (TPSA) is 61.4 Å². The first-order valence-corrected chi connectivity index (χ1v) is 6.49. The summed E-state index contributed by atoms with van der Waals surface area (Å²) in [7, 11) is 1.63. The van der Waals surface area contributed by atoms with Crippen molar-refractivity contribution in [2.24, 2.45) is 0 Å². The Hall–Kier alpha value is -1.10. The molecule has 96 valence electrons. The zero-order valence-electron chi connectivity index (χ0n) is 10.4. The summed E-state index contributed by atoms with van der Waals surface area (Å²) in [4.78, 5) is 25.9. The summed E-state index contributed by atoms with van der Waals surface area (Å²) in [5.74, 6) is 0.0758. The van der Waals surface area contributed by atoms with E-state index >= 15 is 0 Å². The van der Waals surface area contributed by atoms with Gasteiger partial charge in [0.15, 0.2) is 0 Å². The van der Waals surface area contributed by atoms with Crippen molar-refractivity contribution in [3.05, 3.63) is 0 Å². The van der Waals surface area contributed by atoms with Crippen molar-refractivity contribution >= 4 is 11.8 Å². The fourth-order valence-electron chi connectivity index (χ4n) is 2.73. The van der Waals surface area contributed by atoms with Gasteiger partial charge in [-0.05, 0) is 38.6 Å². The predicted molar refractivity (Wildman–Crippen MR) is 64.4 cm³/mol. The fraction of sp³-hybridized carbons (Fsp3) is 0.833. The van der Waals surface area contributed by atoms with Crippen LogP contribution in [0.2, 0.25) is 0 Å². The Bertz CT molecular complexity index is 300.